The van der Waals surface area contributed by atoms with Crippen molar-refractivity contribution in [2.45, 2.75) is 70.8 Å². The van der Waals surface area contributed by atoms with E-state index >= 15 is 4.39 Å². The summed E-state index contributed by atoms with van der Waals surface area (Å²) in [5.41, 5.74) is 7.32. The molecule has 1 aromatic carbocycles. The summed E-state index contributed by atoms with van der Waals surface area (Å²) in [5, 5.41) is 6.12. The lowest BCUT2D eigenvalue weighted by Gasteiger charge is -2.29. The number of ketones is 1. The highest BCUT2D eigenvalue weighted by molar-refractivity contribution is 6.01. The van der Waals surface area contributed by atoms with Crippen LogP contribution in [0.25, 0.3) is 5.69 Å². The Morgan fingerprint density at radius 3 is 2.46 bits per heavy atom. The highest BCUT2D eigenvalue weighted by Gasteiger charge is 2.45. The van der Waals surface area contributed by atoms with Crippen LogP contribution in [0.15, 0.2) is 12.1 Å². The number of nitrogens with two attached hydrogens (primary N) is 2. The van der Waals surface area contributed by atoms with E-state index in [0.29, 0.717) is 12.8 Å². The molecular weight excluding hydrogens is 498 g/mol. The first-order chi connectivity index (χ1) is 17.2. The number of rotatable bonds is 6. The van der Waals surface area contributed by atoms with Gasteiger partial charge in [-0.05, 0) is 43.6 Å². The number of hydrogen-bond acceptors (Lipinski definition) is 7. The second-order valence-electron chi connectivity index (χ2n) is 10.2. The number of anilines is 1. The van der Waals surface area contributed by atoms with Gasteiger partial charge in [-0.1, -0.05) is 13.8 Å². The molecule has 200 valence electrons. The molecule has 1 saturated carbocycles. The zero-order valence-corrected chi connectivity index (χ0v) is 20.2. The minimum Gasteiger partial charge on any atom is -0.460 e. The quantitative estimate of drug-likeness (QED) is 0.298. The monoisotopic (exact) mass is 525 g/mol. The van der Waals surface area contributed by atoms with Crippen LogP contribution in [0, 0.1) is 11.2 Å². The van der Waals surface area contributed by atoms with Crippen molar-refractivity contribution in [2.24, 2.45) is 16.9 Å². The summed E-state index contributed by atoms with van der Waals surface area (Å²) in [4.78, 5) is 37.1. The smallest absolute Gasteiger partial charge is 0.435 e. The molecule has 2 aliphatic rings. The third-order valence-electron chi connectivity index (χ3n) is 6.53. The molecular formula is C24H27F4N5O4. The number of nitrogens with zero attached hydrogens (tertiary/aromatic N) is 2. The van der Waals surface area contributed by atoms with Crippen molar-refractivity contribution in [3.63, 3.8) is 0 Å². The second-order valence-corrected chi connectivity index (χ2v) is 10.2. The Labute approximate surface area is 209 Å². The molecule has 1 fully saturated rings. The molecule has 0 radical (unpaired) electrons. The Bertz CT molecular complexity index is 1260. The van der Waals surface area contributed by atoms with Crippen molar-refractivity contribution in [3.05, 3.63) is 40.5 Å². The first kappa shape index (κ1) is 26.6. The lowest BCUT2D eigenvalue weighted by atomic mass is 9.75. The molecule has 9 nitrogen and oxygen atoms in total. The third kappa shape index (κ3) is 5.31. The van der Waals surface area contributed by atoms with Crippen LogP contribution in [-0.4, -0.2) is 39.7 Å². The number of aromatic nitrogens is 2. The molecule has 1 heterocycles. The van der Waals surface area contributed by atoms with Gasteiger partial charge in [0.2, 0.25) is 0 Å². The molecule has 37 heavy (non-hydrogen) atoms. The molecule has 5 N–H and O–H groups in total. The number of nitrogens with one attached hydrogen (secondary N) is 1. The number of primary amides is 1. The number of carbonyl (C=O) groups excluding carboxylic acids is 3. The summed E-state index contributed by atoms with van der Waals surface area (Å²) in [6.45, 7) is 3.44. The van der Waals surface area contributed by atoms with E-state index in [-0.39, 0.29) is 36.0 Å². The van der Waals surface area contributed by atoms with E-state index in [9.17, 15) is 27.6 Å². The van der Waals surface area contributed by atoms with Crippen LogP contribution in [0.3, 0.4) is 0 Å². The Hall–Kier alpha value is -3.48. The molecule has 1 amide bonds. The molecule has 1 atom stereocenters. The number of Topliss-reactive ketones (excluding diaryl/α,β-unsaturated/α-hetero) is 1. The van der Waals surface area contributed by atoms with E-state index in [1.807, 2.05) is 0 Å². The third-order valence-corrected chi connectivity index (χ3v) is 6.53. The van der Waals surface area contributed by atoms with Crippen molar-refractivity contribution in [1.82, 2.24) is 9.78 Å². The predicted molar refractivity (Wildman–Crippen MR) is 123 cm³/mol. The number of hydrogen-bond donors (Lipinski definition) is 3. The number of halogens is 4. The van der Waals surface area contributed by atoms with Crippen molar-refractivity contribution >= 4 is 23.3 Å². The second kappa shape index (κ2) is 9.43. The Kier molecular flexibility index (Phi) is 6.78. The zero-order chi connectivity index (χ0) is 27.3. The van der Waals surface area contributed by atoms with Gasteiger partial charge in [0.1, 0.15) is 11.9 Å². The molecule has 1 aromatic heterocycles. The van der Waals surface area contributed by atoms with Crippen molar-refractivity contribution in [3.8, 4) is 5.69 Å². The molecule has 13 heteroatoms. The standard InChI is InChI=1S/C24H27F4N5O4/c1-23(2)9-15-18(16(34)10-23)19(24(26,27)28)32-33(15)11-7-13(25)17(21(30)35)14(8-11)31-20(29)22(36)37-12-5-3-4-6-12/h7-8,12,20,31H,3-6,9-10,29H2,1-2H3,(H2,30,35). The van der Waals surface area contributed by atoms with Gasteiger partial charge in [0.05, 0.1) is 28.2 Å². The van der Waals surface area contributed by atoms with Crippen molar-refractivity contribution in [1.29, 1.82) is 0 Å². The van der Waals surface area contributed by atoms with E-state index < -0.39 is 58.1 Å². The number of benzene rings is 1. The van der Waals surface area contributed by atoms with Crippen LogP contribution >= 0.6 is 0 Å². The van der Waals surface area contributed by atoms with Gasteiger partial charge in [0, 0.05) is 12.5 Å². The maximum absolute atomic E-state index is 15.1. The van der Waals surface area contributed by atoms with E-state index in [2.05, 4.69) is 10.4 Å². The normalized spacial score (nSPS) is 18.4. The predicted octanol–water partition coefficient (Wildman–Crippen LogP) is 3.47. The van der Waals surface area contributed by atoms with Crippen LogP contribution in [0.2, 0.25) is 0 Å². The summed E-state index contributed by atoms with van der Waals surface area (Å²) < 4.78 is 62.6. The number of alkyl halides is 3. The first-order valence-electron chi connectivity index (χ1n) is 11.8. The molecule has 1 unspecified atom stereocenters. The lowest BCUT2D eigenvalue weighted by molar-refractivity contribution is -0.149. The highest BCUT2D eigenvalue weighted by Crippen LogP contribution is 2.42. The van der Waals surface area contributed by atoms with Gasteiger partial charge in [-0.25, -0.2) is 13.9 Å². The molecule has 0 aliphatic heterocycles. The maximum atomic E-state index is 15.1. The summed E-state index contributed by atoms with van der Waals surface area (Å²) >= 11 is 0. The number of fused-ring (bicyclic) bond motifs is 1. The molecule has 0 spiro atoms. The van der Waals surface area contributed by atoms with Crippen LogP contribution in [0.1, 0.15) is 78.1 Å². The molecule has 4 rings (SSSR count). The maximum Gasteiger partial charge on any atom is 0.435 e. The van der Waals surface area contributed by atoms with Gasteiger partial charge in [-0.3, -0.25) is 9.59 Å². The van der Waals surface area contributed by atoms with Crippen LogP contribution in [-0.2, 0) is 22.1 Å². The number of ether oxygens (including phenoxy) is 1. The summed E-state index contributed by atoms with van der Waals surface area (Å²) in [7, 11) is 0. The number of amides is 1. The summed E-state index contributed by atoms with van der Waals surface area (Å²) in [6, 6.07) is 1.89. The average Bonchev–Trinajstić information content (AvgIpc) is 3.39. The topological polar surface area (TPSA) is 142 Å². The average molecular weight is 526 g/mol. The minimum atomic E-state index is -4.94. The highest BCUT2D eigenvalue weighted by atomic mass is 19.4. The Morgan fingerprint density at radius 2 is 1.86 bits per heavy atom. The zero-order valence-electron chi connectivity index (χ0n) is 20.2. The van der Waals surface area contributed by atoms with Gasteiger partial charge in [0.15, 0.2) is 17.6 Å². The summed E-state index contributed by atoms with van der Waals surface area (Å²) in [6.07, 6.45) is -3.69. The fraction of sp³-hybridized carbons (Fsp3) is 0.500. The SMILES string of the molecule is CC1(C)CC(=O)c2c(C(F)(F)F)nn(-c3cc(F)c(C(N)=O)c(NC(N)C(=O)OC4CCCC4)c3)c2C1. The molecule has 0 saturated heterocycles. The molecule has 2 aliphatic carbocycles. The van der Waals surface area contributed by atoms with E-state index in [4.69, 9.17) is 16.2 Å². The van der Waals surface area contributed by atoms with Crippen LogP contribution < -0.4 is 16.8 Å². The van der Waals surface area contributed by atoms with Gasteiger partial charge in [-0.2, -0.15) is 18.3 Å². The van der Waals surface area contributed by atoms with Gasteiger partial charge < -0.3 is 21.5 Å². The minimum absolute atomic E-state index is 0.0457. The van der Waals surface area contributed by atoms with Gasteiger partial charge in [0.25, 0.3) is 5.91 Å². The Balaban J connectivity index is 1.79. The molecule has 2 aromatic rings. The van der Waals surface area contributed by atoms with E-state index in [1.165, 1.54) is 0 Å². The number of esters is 1. The van der Waals surface area contributed by atoms with Gasteiger partial charge in [-0.15, -0.1) is 0 Å². The van der Waals surface area contributed by atoms with Gasteiger partial charge >= 0.3 is 12.1 Å². The fourth-order valence-corrected chi connectivity index (χ4v) is 4.91. The Morgan fingerprint density at radius 1 is 1.22 bits per heavy atom. The molecule has 0 bridgehead atoms. The largest absolute Gasteiger partial charge is 0.460 e. The fourth-order valence-electron chi connectivity index (χ4n) is 4.91. The van der Waals surface area contributed by atoms with Crippen molar-refractivity contribution in [2.75, 3.05) is 5.32 Å². The van der Waals surface area contributed by atoms with Crippen molar-refractivity contribution < 1.29 is 36.7 Å². The van der Waals surface area contributed by atoms with E-state index in [1.54, 1.807) is 13.8 Å². The first-order valence-corrected chi connectivity index (χ1v) is 11.8. The lowest BCUT2D eigenvalue weighted by Crippen LogP contribution is -2.41. The van der Waals surface area contributed by atoms with E-state index in [0.717, 1.165) is 29.7 Å². The van der Waals surface area contributed by atoms with Crippen LogP contribution in [0.5, 0.6) is 0 Å². The van der Waals surface area contributed by atoms with Crippen LogP contribution in [0.4, 0.5) is 23.2 Å². The summed E-state index contributed by atoms with van der Waals surface area (Å²) in [5.74, 6) is -3.95. The number of carbonyl (C=O) groups is 3.